The third-order valence-electron chi connectivity index (χ3n) is 4.49. The molecule has 0 aromatic heterocycles. The van der Waals surface area contributed by atoms with E-state index in [1.54, 1.807) is 0 Å². The number of hydrogen-bond acceptors (Lipinski definition) is 3. The van der Waals surface area contributed by atoms with Gasteiger partial charge in [0.25, 0.3) is 0 Å². The first kappa shape index (κ1) is 16.9. The fourth-order valence-corrected chi connectivity index (χ4v) is 3.40. The highest BCUT2D eigenvalue weighted by Gasteiger charge is 2.31. The molecule has 2 N–H and O–H groups in total. The second-order valence-corrected chi connectivity index (χ2v) is 6.54. The van der Waals surface area contributed by atoms with E-state index in [0.717, 1.165) is 19.0 Å². The molecule has 1 aliphatic rings. The molecule has 3 heteroatoms. The van der Waals surface area contributed by atoms with Crippen molar-refractivity contribution in [3.63, 3.8) is 0 Å². The highest BCUT2D eigenvalue weighted by atomic mass is 15.2. The summed E-state index contributed by atoms with van der Waals surface area (Å²) in [6.45, 7) is 8.09. The number of nitrogens with zero attached hydrogens (tertiary/aromatic N) is 2. The van der Waals surface area contributed by atoms with Gasteiger partial charge < -0.3 is 10.6 Å². The first-order valence-electron chi connectivity index (χ1n) is 8.22. The molecule has 3 atom stereocenters. The lowest BCUT2D eigenvalue weighted by atomic mass is 9.79. The molecule has 114 valence electrons. The SMILES string of the molecule is CCCC1CCC(N)C(N(CCC)CCN(C)C)C1. The van der Waals surface area contributed by atoms with Gasteiger partial charge in [-0.2, -0.15) is 0 Å². The quantitative estimate of drug-likeness (QED) is 0.735. The van der Waals surface area contributed by atoms with Crippen LogP contribution >= 0.6 is 0 Å². The fraction of sp³-hybridized carbons (Fsp3) is 1.00. The predicted molar refractivity (Wildman–Crippen MR) is 84.4 cm³/mol. The van der Waals surface area contributed by atoms with Crippen molar-refractivity contribution in [2.45, 2.75) is 64.5 Å². The van der Waals surface area contributed by atoms with E-state index in [1.807, 2.05) is 0 Å². The van der Waals surface area contributed by atoms with E-state index in [4.69, 9.17) is 5.73 Å². The van der Waals surface area contributed by atoms with Crippen LogP contribution in [-0.2, 0) is 0 Å². The zero-order valence-corrected chi connectivity index (χ0v) is 13.6. The maximum absolute atomic E-state index is 6.42. The Morgan fingerprint density at radius 1 is 1.00 bits per heavy atom. The molecule has 3 unspecified atom stereocenters. The van der Waals surface area contributed by atoms with Crippen LogP contribution in [0.3, 0.4) is 0 Å². The van der Waals surface area contributed by atoms with Crippen molar-refractivity contribution in [3.05, 3.63) is 0 Å². The highest BCUT2D eigenvalue weighted by Crippen LogP contribution is 2.30. The van der Waals surface area contributed by atoms with Gasteiger partial charge in [-0.15, -0.1) is 0 Å². The molecule has 19 heavy (non-hydrogen) atoms. The van der Waals surface area contributed by atoms with E-state index in [0.29, 0.717) is 12.1 Å². The molecular formula is C16H35N3. The minimum absolute atomic E-state index is 0.391. The molecule has 0 spiro atoms. The van der Waals surface area contributed by atoms with E-state index in [-0.39, 0.29) is 0 Å². The number of likely N-dealkylation sites (N-methyl/N-ethyl adjacent to an activating group) is 1. The van der Waals surface area contributed by atoms with Gasteiger partial charge in [0.2, 0.25) is 0 Å². The maximum atomic E-state index is 6.42. The number of hydrogen-bond donors (Lipinski definition) is 1. The molecule has 0 heterocycles. The average molecular weight is 269 g/mol. The standard InChI is InChI=1S/C16H35N3/c1-5-7-14-8-9-15(17)16(13-14)19(10-6-2)12-11-18(3)4/h14-16H,5-13,17H2,1-4H3. The molecule has 0 aliphatic heterocycles. The summed E-state index contributed by atoms with van der Waals surface area (Å²) >= 11 is 0. The van der Waals surface area contributed by atoms with Crippen LogP contribution in [0.1, 0.15) is 52.4 Å². The summed E-state index contributed by atoms with van der Waals surface area (Å²) in [6, 6.07) is 1.01. The summed E-state index contributed by atoms with van der Waals surface area (Å²) in [7, 11) is 4.32. The third kappa shape index (κ3) is 5.80. The molecule has 3 nitrogen and oxygen atoms in total. The monoisotopic (exact) mass is 269 g/mol. The molecule has 1 saturated carbocycles. The molecule has 0 aromatic carbocycles. The van der Waals surface area contributed by atoms with Crippen LogP contribution in [0.4, 0.5) is 0 Å². The van der Waals surface area contributed by atoms with Gasteiger partial charge in [-0.3, -0.25) is 4.90 Å². The molecule has 0 bridgehead atoms. The van der Waals surface area contributed by atoms with Crippen LogP contribution in [-0.4, -0.2) is 55.6 Å². The van der Waals surface area contributed by atoms with E-state index in [1.165, 1.54) is 45.1 Å². The Labute approximate surface area is 120 Å². The van der Waals surface area contributed by atoms with E-state index in [2.05, 4.69) is 37.7 Å². The fourth-order valence-electron chi connectivity index (χ4n) is 3.40. The van der Waals surface area contributed by atoms with Crippen molar-refractivity contribution in [1.82, 2.24) is 9.80 Å². The van der Waals surface area contributed by atoms with Crippen LogP contribution < -0.4 is 5.73 Å². The number of nitrogens with two attached hydrogens (primary N) is 1. The van der Waals surface area contributed by atoms with Crippen LogP contribution in [0.25, 0.3) is 0 Å². The largest absolute Gasteiger partial charge is 0.326 e. The second-order valence-electron chi connectivity index (χ2n) is 6.54. The molecule has 0 radical (unpaired) electrons. The van der Waals surface area contributed by atoms with Crippen molar-refractivity contribution in [2.75, 3.05) is 33.7 Å². The van der Waals surface area contributed by atoms with Crippen LogP contribution in [0, 0.1) is 5.92 Å². The Balaban J connectivity index is 2.57. The molecule has 1 aliphatic carbocycles. The summed E-state index contributed by atoms with van der Waals surface area (Å²) in [5.41, 5.74) is 6.42. The van der Waals surface area contributed by atoms with Gasteiger partial charge in [-0.25, -0.2) is 0 Å². The van der Waals surface area contributed by atoms with Gasteiger partial charge in [-0.1, -0.05) is 26.7 Å². The van der Waals surface area contributed by atoms with Gasteiger partial charge in [0.1, 0.15) is 0 Å². The summed E-state index contributed by atoms with van der Waals surface area (Å²) in [6.07, 6.45) is 7.82. The van der Waals surface area contributed by atoms with E-state index < -0.39 is 0 Å². The Morgan fingerprint density at radius 2 is 1.74 bits per heavy atom. The van der Waals surface area contributed by atoms with Crippen molar-refractivity contribution in [1.29, 1.82) is 0 Å². The highest BCUT2D eigenvalue weighted by molar-refractivity contribution is 4.89. The minimum Gasteiger partial charge on any atom is -0.326 e. The van der Waals surface area contributed by atoms with Gasteiger partial charge in [0.15, 0.2) is 0 Å². The Kier molecular flexibility index (Phi) is 7.96. The van der Waals surface area contributed by atoms with Crippen molar-refractivity contribution >= 4 is 0 Å². The van der Waals surface area contributed by atoms with Gasteiger partial charge in [0, 0.05) is 25.2 Å². The van der Waals surface area contributed by atoms with Gasteiger partial charge in [0.05, 0.1) is 0 Å². The Bertz CT molecular complexity index is 230. The summed E-state index contributed by atoms with van der Waals surface area (Å²) in [5.74, 6) is 0.911. The summed E-state index contributed by atoms with van der Waals surface area (Å²) < 4.78 is 0. The van der Waals surface area contributed by atoms with Crippen molar-refractivity contribution in [2.24, 2.45) is 11.7 Å². The average Bonchev–Trinajstić information content (AvgIpc) is 2.37. The first-order chi connectivity index (χ1) is 9.08. The first-order valence-corrected chi connectivity index (χ1v) is 8.22. The molecular weight excluding hydrogens is 234 g/mol. The lowest BCUT2D eigenvalue weighted by Gasteiger charge is -2.41. The molecule has 1 rings (SSSR count). The topological polar surface area (TPSA) is 32.5 Å². The molecule has 0 amide bonds. The summed E-state index contributed by atoms with van der Waals surface area (Å²) in [4.78, 5) is 4.94. The smallest absolute Gasteiger partial charge is 0.0250 e. The summed E-state index contributed by atoms with van der Waals surface area (Å²) in [5, 5.41) is 0. The van der Waals surface area contributed by atoms with Crippen LogP contribution in [0.5, 0.6) is 0 Å². The minimum atomic E-state index is 0.391. The van der Waals surface area contributed by atoms with Crippen molar-refractivity contribution < 1.29 is 0 Å². The van der Waals surface area contributed by atoms with E-state index >= 15 is 0 Å². The zero-order valence-electron chi connectivity index (χ0n) is 13.6. The molecule has 0 saturated heterocycles. The maximum Gasteiger partial charge on any atom is 0.0250 e. The van der Waals surface area contributed by atoms with Gasteiger partial charge >= 0.3 is 0 Å². The van der Waals surface area contributed by atoms with Crippen molar-refractivity contribution in [3.8, 4) is 0 Å². The second kappa shape index (κ2) is 8.93. The van der Waals surface area contributed by atoms with Crippen LogP contribution in [0.2, 0.25) is 0 Å². The Hall–Kier alpha value is -0.120. The Morgan fingerprint density at radius 3 is 2.32 bits per heavy atom. The lowest BCUT2D eigenvalue weighted by Crippen LogP contribution is -2.52. The zero-order chi connectivity index (χ0) is 14.3. The third-order valence-corrected chi connectivity index (χ3v) is 4.49. The molecule has 0 aromatic rings. The van der Waals surface area contributed by atoms with Gasteiger partial charge in [-0.05, 0) is 52.2 Å². The normalized spacial score (nSPS) is 28.3. The van der Waals surface area contributed by atoms with E-state index in [9.17, 15) is 0 Å². The lowest BCUT2D eigenvalue weighted by molar-refractivity contribution is 0.101. The predicted octanol–water partition coefficient (Wildman–Crippen LogP) is 2.56. The van der Waals surface area contributed by atoms with Crippen LogP contribution in [0.15, 0.2) is 0 Å². The number of rotatable bonds is 8. The molecule has 1 fully saturated rings.